The van der Waals surface area contributed by atoms with E-state index in [2.05, 4.69) is 19.9 Å². The van der Waals surface area contributed by atoms with Gasteiger partial charge in [-0.1, -0.05) is 45.2 Å². The molecule has 3 aromatic rings. The number of rotatable bonds is 9. The summed E-state index contributed by atoms with van der Waals surface area (Å²) in [6, 6.07) is 11.6. The Morgan fingerprint density at radius 1 is 1.03 bits per heavy atom. The number of hydrogen-bond donors (Lipinski definition) is 0. The van der Waals surface area contributed by atoms with Crippen LogP contribution in [0.15, 0.2) is 36.4 Å². The second kappa shape index (κ2) is 10.7. The summed E-state index contributed by atoms with van der Waals surface area (Å²) >= 11 is 3.31. The van der Waals surface area contributed by atoms with Gasteiger partial charge in [-0.25, -0.2) is 4.79 Å². The lowest BCUT2D eigenvalue weighted by atomic mass is 10.1. The Morgan fingerprint density at radius 2 is 1.81 bits per heavy atom. The average molecular weight is 459 g/mol. The Bertz CT molecular complexity index is 949. The fourth-order valence-corrected chi connectivity index (χ4v) is 6.23. The van der Waals surface area contributed by atoms with Crippen molar-refractivity contribution >= 4 is 38.0 Å². The van der Waals surface area contributed by atoms with Gasteiger partial charge in [-0.2, -0.15) is 0 Å². The first-order valence-corrected chi connectivity index (χ1v) is 12.9. The lowest BCUT2D eigenvalue weighted by molar-refractivity contribution is -0.206. The highest BCUT2D eigenvalue weighted by Crippen LogP contribution is 2.35. The second-order valence-corrected chi connectivity index (χ2v) is 10.6. The first kappa shape index (κ1) is 22.5. The van der Waals surface area contributed by atoms with Crippen molar-refractivity contribution in [1.82, 2.24) is 0 Å². The fraction of sp³-hybridized carbons (Fsp3) is 0.480. The molecule has 0 atom stereocenters. The third-order valence-electron chi connectivity index (χ3n) is 5.52. The minimum atomic E-state index is -0.339. The molecule has 1 aliphatic rings. The molecule has 2 aromatic heterocycles. The summed E-state index contributed by atoms with van der Waals surface area (Å²) in [4.78, 5) is 14.7. The normalized spacial score (nSPS) is 19.0. The Hall–Kier alpha value is -1.73. The fourth-order valence-electron chi connectivity index (χ4n) is 3.82. The van der Waals surface area contributed by atoms with E-state index >= 15 is 0 Å². The highest BCUT2D eigenvalue weighted by Gasteiger charge is 2.23. The molecule has 0 radical (unpaired) electrons. The van der Waals surface area contributed by atoms with Crippen LogP contribution in [0, 0.1) is 5.92 Å². The second-order valence-electron chi connectivity index (χ2n) is 8.14. The molecule has 1 aliphatic heterocycles. The molecular weight excluding hydrogens is 428 g/mol. The van der Waals surface area contributed by atoms with E-state index < -0.39 is 0 Å². The van der Waals surface area contributed by atoms with Crippen LogP contribution < -0.4 is 4.74 Å². The summed E-state index contributed by atoms with van der Waals surface area (Å²) in [5.41, 5.74) is 0.946. The maximum atomic E-state index is 12.6. The molecule has 4 rings (SSSR count). The van der Waals surface area contributed by atoms with Gasteiger partial charge < -0.3 is 14.2 Å². The molecule has 1 aromatic carbocycles. The van der Waals surface area contributed by atoms with Gasteiger partial charge in [0.2, 0.25) is 0 Å². The lowest BCUT2D eigenvalue weighted by Crippen LogP contribution is -2.26. The van der Waals surface area contributed by atoms with E-state index in [0.29, 0.717) is 16.5 Å². The van der Waals surface area contributed by atoms with Crippen molar-refractivity contribution in [3.8, 4) is 5.75 Å². The number of thiophene rings is 2. The van der Waals surface area contributed by atoms with Gasteiger partial charge in [0.05, 0.1) is 17.2 Å². The van der Waals surface area contributed by atoms with Crippen molar-refractivity contribution in [3.63, 3.8) is 0 Å². The first-order chi connectivity index (χ1) is 15.2. The van der Waals surface area contributed by atoms with Gasteiger partial charge in [0.15, 0.2) is 6.29 Å². The van der Waals surface area contributed by atoms with Crippen molar-refractivity contribution in [2.75, 3.05) is 13.2 Å². The monoisotopic (exact) mass is 458 g/mol. The molecule has 4 nitrogen and oxygen atoms in total. The number of esters is 1. The van der Waals surface area contributed by atoms with Crippen LogP contribution in [0.2, 0.25) is 0 Å². The Balaban J connectivity index is 1.32. The highest BCUT2D eigenvalue weighted by atomic mass is 32.2. The third kappa shape index (κ3) is 5.75. The molecule has 0 unspecified atom stereocenters. The quantitative estimate of drug-likeness (QED) is 0.191. The number of carbonyl (C=O) groups is 1. The van der Waals surface area contributed by atoms with E-state index in [0.717, 1.165) is 43.4 Å². The van der Waals surface area contributed by atoms with Crippen LogP contribution in [0.5, 0.6) is 5.75 Å². The molecule has 166 valence electrons. The van der Waals surface area contributed by atoms with Crippen molar-refractivity contribution in [2.24, 2.45) is 5.92 Å². The van der Waals surface area contributed by atoms with Gasteiger partial charge >= 0.3 is 5.97 Å². The summed E-state index contributed by atoms with van der Waals surface area (Å²) in [5, 5.41) is 1.15. The standard InChI is InChI=1S/C25H30O4S2/c1-3-5-6-8-21-13-19-14-22(31-25(19)30-21)23(26)29-20-11-9-18(10-12-20)24-27-15-17(7-4-2)16-28-24/h9-14,17,24H,3-8,15-16H2,1-2H3. The molecule has 31 heavy (non-hydrogen) atoms. The van der Waals surface area contributed by atoms with Crippen LogP contribution in [-0.4, -0.2) is 19.2 Å². The van der Waals surface area contributed by atoms with Crippen LogP contribution in [0.1, 0.15) is 72.4 Å². The van der Waals surface area contributed by atoms with Crippen LogP contribution in [0.25, 0.3) is 9.40 Å². The van der Waals surface area contributed by atoms with Crippen LogP contribution in [-0.2, 0) is 15.9 Å². The van der Waals surface area contributed by atoms with E-state index in [1.54, 1.807) is 23.5 Å². The molecule has 1 saturated heterocycles. The lowest BCUT2D eigenvalue weighted by Gasteiger charge is -2.29. The van der Waals surface area contributed by atoms with Crippen LogP contribution >= 0.6 is 22.7 Å². The summed E-state index contributed by atoms with van der Waals surface area (Å²) in [5.74, 6) is 0.709. The van der Waals surface area contributed by atoms with E-state index in [-0.39, 0.29) is 12.3 Å². The molecule has 3 heterocycles. The zero-order chi connectivity index (χ0) is 21.6. The van der Waals surface area contributed by atoms with Crippen molar-refractivity contribution in [1.29, 1.82) is 0 Å². The molecular formula is C25H30O4S2. The average Bonchev–Trinajstić information content (AvgIpc) is 3.34. The number of aryl methyl sites for hydroxylation is 1. The first-order valence-electron chi connectivity index (χ1n) is 11.2. The maximum Gasteiger partial charge on any atom is 0.353 e. The summed E-state index contributed by atoms with van der Waals surface area (Å²) < 4.78 is 18.5. The Kier molecular flexibility index (Phi) is 7.77. The predicted octanol–water partition coefficient (Wildman–Crippen LogP) is 7.38. The van der Waals surface area contributed by atoms with Crippen LogP contribution in [0.4, 0.5) is 0 Å². The number of carbonyl (C=O) groups excluding carboxylic acids is 1. The number of hydrogen-bond acceptors (Lipinski definition) is 6. The molecule has 0 N–H and O–H groups in total. The van der Waals surface area contributed by atoms with Crippen molar-refractivity contribution < 1.29 is 19.0 Å². The number of benzene rings is 1. The smallest absolute Gasteiger partial charge is 0.353 e. The number of fused-ring (bicyclic) bond motifs is 1. The molecule has 1 fully saturated rings. The van der Waals surface area contributed by atoms with E-state index in [9.17, 15) is 4.79 Å². The minimum absolute atomic E-state index is 0.304. The van der Waals surface area contributed by atoms with Gasteiger partial charge in [-0.3, -0.25) is 0 Å². The maximum absolute atomic E-state index is 12.6. The summed E-state index contributed by atoms with van der Waals surface area (Å²) in [6.45, 7) is 5.85. The summed E-state index contributed by atoms with van der Waals surface area (Å²) in [7, 11) is 0. The van der Waals surface area contributed by atoms with E-state index in [4.69, 9.17) is 14.2 Å². The van der Waals surface area contributed by atoms with Crippen molar-refractivity contribution in [3.05, 3.63) is 51.7 Å². The SMILES string of the molecule is CCCCCc1cc2cc(C(=O)Oc3ccc(C4OCC(CCC)CO4)cc3)sc2s1. The number of ether oxygens (including phenoxy) is 3. The molecule has 0 bridgehead atoms. The van der Waals surface area contributed by atoms with Gasteiger partial charge in [-0.05, 0) is 43.5 Å². The van der Waals surface area contributed by atoms with E-state index in [1.165, 1.54) is 39.5 Å². The van der Waals surface area contributed by atoms with E-state index in [1.807, 2.05) is 18.2 Å². The van der Waals surface area contributed by atoms with Gasteiger partial charge in [0.25, 0.3) is 0 Å². The van der Waals surface area contributed by atoms with Crippen LogP contribution in [0.3, 0.4) is 0 Å². The van der Waals surface area contributed by atoms with Crippen molar-refractivity contribution in [2.45, 2.75) is 58.7 Å². The minimum Gasteiger partial charge on any atom is -0.422 e. The largest absolute Gasteiger partial charge is 0.422 e. The van der Waals surface area contributed by atoms with Gasteiger partial charge in [0, 0.05) is 21.7 Å². The molecule has 6 heteroatoms. The topological polar surface area (TPSA) is 44.8 Å². The number of unbranched alkanes of at least 4 members (excludes halogenated alkanes) is 2. The molecule has 0 saturated carbocycles. The molecule has 0 amide bonds. The van der Waals surface area contributed by atoms with Gasteiger partial charge in [-0.15, -0.1) is 22.7 Å². The zero-order valence-electron chi connectivity index (χ0n) is 18.2. The van der Waals surface area contributed by atoms with Gasteiger partial charge in [0.1, 0.15) is 10.6 Å². The predicted molar refractivity (Wildman–Crippen MR) is 127 cm³/mol. The Labute approximate surface area is 192 Å². The zero-order valence-corrected chi connectivity index (χ0v) is 19.9. The Morgan fingerprint density at radius 3 is 2.48 bits per heavy atom. The highest BCUT2D eigenvalue weighted by molar-refractivity contribution is 7.39. The molecule has 0 aliphatic carbocycles. The summed E-state index contributed by atoms with van der Waals surface area (Å²) in [6.07, 6.45) is 6.78. The molecule has 0 spiro atoms. The third-order valence-corrected chi connectivity index (χ3v) is 7.95.